The molecule has 4 rings (SSSR count). The first-order valence-electron chi connectivity index (χ1n) is 10.6. The Kier molecular flexibility index (Phi) is 8.05. The zero-order valence-corrected chi connectivity index (χ0v) is 22.0. The molecule has 1 heterocycles. The van der Waals surface area contributed by atoms with Crippen LogP contribution in [0.3, 0.4) is 0 Å². The van der Waals surface area contributed by atoms with Crippen molar-refractivity contribution in [1.82, 2.24) is 0 Å². The second-order valence-electron chi connectivity index (χ2n) is 7.62. The van der Waals surface area contributed by atoms with E-state index in [1.807, 2.05) is 36.4 Å². The summed E-state index contributed by atoms with van der Waals surface area (Å²) < 4.78 is 26.8. The lowest BCUT2D eigenvalue weighted by Gasteiger charge is -2.16. The van der Waals surface area contributed by atoms with Gasteiger partial charge in [0.1, 0.15) is 12.4 Å². The zero-order chi connectivity index (χ0) is 24.9. The Morgan fingerprint density at radius 2 is 1.94 bits per heavy atom. The maximum Gasteiger partial charge on any atom is 0.270 e. The number of amides is 1. The van der Waals surface area contributed by atoms with E-state index in [-0.39, 0.29) is 5.91 Å². The van der Waals surface area contributed by atoms with E-state index in [1.165, 1.54) is 28.8 Å². The van der Waals surface area contributed by atoms with Crippen molar-refractivity contribution in [2.24, 2.45) is 0 Å². The molecule has 35 heavy (non-hydrogen) atoms. The predicted molar refractivity (Wildman–Crippen MR) is 147 cm³/mol. The topological polar surface area (TPSA) is 38.8 Å². The summed E-state index contributed by atoms with van der Waals surface area (Å²) in [6.45, 7) is 4.23. The van der Waals surface area contributed by atoms with Crippen molar-refractivity contribution >= 4 is 61.9 Å². The number of halogens is 2. The van der Waals surface area contributed by atoms with Crippen LogP contribution in [0, 0.1) is 5.82 Å². The van der Waals surface area contributed by atoms with Crippen LogP contribution in [0.1, 0.15) is 16.7 Å². The minimum Gasteiger partial charge on any atom is -0.493 e. The number of allylic oxidation sites excluding steroid dienone is 1. The summed E-state index contributed by atoms with van der Waals surface area (Å²) in [4.78, 5) is 14.9. The Morgan fingerprint density at radius 1 is 1.17 bits per heavy atom. The first-order valence-corrected chi connectivity index (χ1v) is 12.6. The molecule has 0 aliphatic carbocycles. The van der Waals surface area contributed by atoms with E-state index in [4.69, 9.17) is 21.7 Å². The number of ether oxygens (including phenoxy) is 2. The molecule has 1 saturated heterocycles. The first-order chi connectivity index (χ1) is 16.9. The second-order valence-corrected chi connectivity index (χ2v) is 10.2. The highest BCUT2D eigenvalue weighted by Gasteiger charge is 2.33. The molecule has 1 aliphatic rings. The fourth-order valence-corrected chi connectivity index (χ4v) is 5.15. The predicted octanol–water partition coefficient (Wildman–Crippen LogP) is 7.31. The monoisotopic (exact) mass is 569 g/mol. The molecule has 4 nitrogen and oxygen atoms in total. The van der Waals surface area contributed by atoms with Gasteiger partial charge >= 0.3 is 0 Å². The van der Waals surface area contributed by atoms with E-state index in [1.54, 1.807) is 31.4 Å². The van der Waals surface area contributed by atoms with E-state index in [0.717, 1.165) is 21.2 Å². The van der Waals surface area contributed by atoms with Crippen molar-refractivity contribution in [1.29, 1.82) is 0 Å². The van der Waals surface area contributed by atoms with Gasteiger partial charge in [0.25, 0.3) is 5.91 Å². The van der Waals surface area contributed by atoms with Gasteiger partial charge in [0, 0.05) is 10.0 Å². The fourth-order valence-electron chi connectivity index (χ4n) is 3.58. The van der Waals surface area contributed by atoms with Gasteiger partial charge in [-0.25, -0.2) is 4.39 Å². The Hall–Kier alpha value is -2.94. The third-order valence-corrected chi connectivity index (χ3v) is 7.02. The average Bonchev–Trinajstić information content (AvgIpc) is 3.11. The summed E-state index contributed by atoms with van der Waals surface area (Å²) in [7, 11) is 1.58. The van der Waals surface area contributed by atoms with Crippen molar-refractivity contribution in [2.75, 3.05) is 12.0 Å². The maximum absolute atomic E-state index is 13.7. The molecule has 3 aromatic rings. The summed E-state index contributed by atoms with van der Waals surface area (Å²) >= 11 is 10.0. The highest BCUT2D eigenvalue weighted by atomic mass is 79.9. The number of rotatable bonds is 8. The molecule has 0 aromatic heterocycles. The van der Waals surface area contributed by atoms with Crippen molar-refractivity contribution in [2.45, 2.75) is 13.0 Å². The molecule has 0 atom stereocenters. The van der Waals surface area contributed by atoms with Crippen molar-refractivity contribution in [3.05, 3.63) is 105 Å². The van der Waals surface area contributed by atoms with E-state index >= 15 is 0 Å². The largest absolute Gasteiger partial charge is 0.493 e. The third kappa shape index (κ3) is 5.83. The van der Waals surface area contributed by atoms with Gasteiger partial charge in [0.2, 0.25) is 0 Å². The molecule has 8 heteroatoms. The quantitative estimate of drug-likeness (QED) is 0.161. The SMILES string of the molecule is C=CCc1cc(/C=C2/SC(=S)N(c3cccc(F)c3)C2=O)cc(OC)c1OCc1ccc(Br)cc1. The highest BCUT2D eigenvalue weighted by Crippen LogP contribution is 2.39. The number of methoxy groups -OCH3 is 1. The minimum atomic E-state index is -0.432. The molecule has 1 fully saturated rings. The number of thiocarbonyl (C=S) groups is 1. The number of carbonyl (C=O) groups is 1. The fraction of sp³-hybridized carbons (Fsp3) is 0.111. The van der Waals surface area contributed by atoms with Gasteiger partial charge in [-0.1, -0.05) is 64.2 Å². The standard InChI is InChI=1S/C27H21BrFNO3S2/c1-3-5-19-12-18(13-23(32-2)25(19)33-16-17-8-10-20(28)11-9-17)14-24-26(31)30(27(34)35-24)22-7-4-6-21(29)15-22/h3-4,6-15H,1,5,16H2,2H3/b24-14+. The summed E-state index contributed by atoms with van der Waals surface area (Å²) in [6.07, 6.45) is 4.10. The molecular weight excluding hydrogens is 549 g/mol. The lowest BCUT2D eigenvalue weighted by atomic mass is 10.0. The van der Waals surface area contributed by atoms with E-state index < -0.39 is 5.82 Å². The molecular formula is C27H21BrFNO3S2. The lowest BCUT2D eigenvalue weighted by molar-refractivity contribution is -0.113. The van der Waals surface area contributed by atoms with Crippen molar-refractivity contribution < 1.29 is 18.7 Å². The van der Waals surface area contributed by atoms with Gasteiger partial charge in [0.15, 0.2) is 15.8 Å². The summed E-state index contributed by atoms with van der Waals surface area (Å²) in [5.74, 6) is 0.441. The molecule has 0 bridgehead atoms. The Labute approximate surface area is 221 Å². The molecule has 0 N–H and O–H groups in total. The van der Waals surface area contributed by atoms with Gasteiger partial charge in [-0.3, -0.25) is 9.69 Å². The smallest absolute Gasteiger partial charge is 0.270 e. The number of hydrogen-bond acceptors (Lipinski definition) is 5. The molecule has 1 aliphatic heterocycles. The number of nitrogens with zero attached hydrogens (tertiary/aromatic N) is 1. The summed E-state index contributed by atoms with van der Waals surface area (Å²) in [5.41, 5.74) is 3.06. The average molecular weight is 571 g/mol. The number of thioether (sulfide) groups is 1. The van der Waals surface area contributed by atoms with Gasteiger partial charge in [-0.05, 0) is 66.1 Å². The summed E-state index contributed by atoms with van der Waals surface area (Å²) in [5, 5.41) is 0. The minimum absolute atomic E-state index is 0.301. The second kappa shape index (κ2) is 11.2. The van der Waals surface area contributed by atoms with Crippen LogP contribution in [0.25, 0.3) is 6.08 Å². The maximum atomic E-state index is 13.7. The molecule has 178 valence electrons. The van der Waals surface area contributed by atoms with Gasteiger partial charge in [-0.15, -0.1) is 6.58 Å². The van der Waals surface area contributed by atoms with Crippen LogP contribution in [0.2, 0.25) is 0 Å². The first kappa shape index (κ1) is 25.2. The molecule has 0 radical (unpaired) electrons. The van der Waals surface area contributed by atoms with E-state index in [2.05, 4.69) is 22.5 Å². The van der Waals surface area contributed by atoms with E-state index in [0.29, 0.717) is 39.4 Å². The Morgan fingerprint density at radius 3 is 2.63 bits per heavy atom. The van der Waals surface area contributed by atoms with Crippen LogP contribution in [0.4, 0.5) is 10.1 Å². The number of anilines is 1. The number of benzene rings is 3. The Bertz CT molecular complexity index is 1320. The summed E-state index contributed by atoms with van der Waals surface area (Å²) in [6, 6.07) is 17.5. The van der Waals surface area contributed by atoms with Crippen LogP contribution >= 0.6 is 39.9 Å². The van der Waals surface area contributed by atoms with Gasteiger partial charge in [0.05, 0.1) is 17.7 Å². The van der Waals surface area contributed by atoms with E-state index in [9.17, 15) is 9.18 Å². The molecule has 0 spiro atoms. The van der Waals surface area contributed by atoms with Gasteiger partial charge < -0.3 is 9.47 Å². The Balaban J connectivity index is 1.64. The highest BCUT2D eigenvalue weighted by molar-refractivity contribution is 9.10. The number of carbonyl (C=O) groups excluding carboxylic acids is 1. The normalized spacial score (nSPS) is 14.5. The van der Waals surface area contributed by atoms with Gasteiger partial charge in [-0.2, -0.15) is 0 Å². The van der Waals surface area contributed by atoms with Crippen LogP contribution in [-0.4, -0.2) is 17.3 Å². The lowest BCUT2D eigenvalue weighted by Crippen LogP contribution is -2.27. The van der Waals surface area contributed by atoms with Crippen LogP contribution in [0.15, 0.2) is 82.7 Å². The molecule has 0 saturated carbocycles. The molecule has 3 aromatic carbocycles. The van der Waals surface area contributed by atoms with Crippen molar-refractivity contribution in [3.8, 4) is 11.5 Å². The van der Waals surface area contributed by atoms with Crippen LogP contribution in [0.5, 0.6) is 11.5 Å². The van der Waals surface area contributed by atoms with Crippen molar-refractivity contribution in [3.63, 3.8) is 0 Å². The molecule has 1 amide bonds. The third-order valence-electron chi connectivity index (χ3n) is 5.19. The van der Waals surface area contributed by atoms with Crippen LogP contribution in [-0.2, 0) is 17.8 Å². The molecule has 0 unspecified atom stereocenters. The van der Waals surface area contributed by atoms with Crippen LogP contribution < -0.4 is 14.4 Å². The number of hydrogen-bond donors (Lipinski definition) is 0. The zero-order valence-electron chi connectivity index (χ0n) is 18.8.